The standard InChI is InChI=1S/C34H38O5/c1-3-5-6-7-8-26-38-31-19-9-27(10-20-31)13-23-33(35)29-15-21-32(22-16-29)39-34(36)24-14-28-11-17-30(18-12-28)37-25-4-2/h9-24H,3-8,25-26H2,1-2H3/b23-13+,24-14+. The monoisotopic (exact) mass is 526 g/mol. The Kier molecular flexibility index (Phi) is 12.6. The van der Waals surface area contributed by atoms with Crippen LogP contribution >= 0.6 is 0 Å². The van der Waals surface area contributed by atoms with Crippen molar-refractivity contribution in [3.8, 4) is 17.2 Å². The van der Waals surface area contributed by atoms with E-state index in [2.05, 4.69) is 13.8 Å². The highest BCUT2D eigenvalue weighted by molar-refractivity contribution is 6.06. The molecule has 0 saturated heterocycles. The highest BCUT2D eigenvalue weighted by Crippen LogP contribution is 2.17. The average molecular weight is 527 g/mol. The lowest BCUT2D eigenvalue weighted by Gasteiger charge is -2.06. The fraction of sp³-hybridized carbons (Fsp3) is 0.294. The lowest BCUT2D eigenvalue weighted by molar-refractivity contribution is -0.128. The third-order valence-corrected chi connectivity index (χ3v) is 5.95. The highest BCUT2D eigenvalue weighted by atomic mass is 16.5. The van der Waals surface area contributed by atoms with E-state index in [1.165, 1.54) is 37.8 Å². The van der Waals surface area contributed by atoms with Crippen molar-refractivity contribution in [2.24, 2.45) is 0 Å². The summed E-state index contributed by atoms with van der Waals surface area (Å²) in [6, 6.07) is 21.7. The molecule has 3 aromatic carbocycles. The molecule has 204 valence electrons. The predicted octanol–water partition coefficient (Wildman–Crippen LogP) is 8.34. The molecule has 39 heavy (non-hydrogen) atoms. The number of esters is 1. The lowest BCUT2D eigenvalue weighted by Crippen LogP contribution is -2.04. The van der Waals surface area contributed by atoms with Crippen LogP contribution in [0.5, 0.6) is 17.2 Å². The van der Waals surface area contributed by atoms with Crippen LogP contribution in [0.2, 0.25) is 0 Å². The zero-order chi connectivity index (χ0) is 27.7. The van der Waals surface area contributed by atoms with E-state index >= 15 is 0 Å². The summed E-state index contributed by atoms with van der Waals surface area (Å²) in [7, 11) is 0. The molecule has 0 bridgehead atoms. The topological polar surface area (TPSA) is 61.8 Å². The minimum Gasteiger partial charge on any atom is -0.494 e. The van der Waals surface area contributed by atoms with Crippen LogP contribution in [0.25, 0.3) is 12.2 Å². The van der Waals surface area contributed by atoms with Gasteiger partial charge in [0.25, 0.3) is 0 Å². The van der Waals surface area contributed by atoms with Gasteiger partial charge in [0.15, 0.2) is 5.78 Å². The number of carbonyl (C=O) groups excluding carboxylic acids is 2. The van der Waals surface area contributed by atoms with Crippen LogP contribution in [0.3, 0.4) is 0 Å². The molecule has 0 saturated carbocycles. The molecule has 0 N–H and O–H groups in total. The minimum atomic E-state index is -0.496. The van der Waals surface area contributed by atoms with E-state index in [1.807, 2.05) is 48.5 Å². The highest BCUT2D eigenvalue weighted by Gasteiger charge is 2.05. The van der Waals surface area contributed by atoms with Crippen LogP contribution in [-0.4, -0.2) is 25.0 Å². The van der Waals surface area contributed by atoms with Crippen molar-refractivity contribution in [2.45, 2.75) is 52.4 Å². The largest absolute Gasteiger partial charge is 0.494 e. The van der Waals surface area contributed by atoms with E-state index in [1.54, 1.807) is 36.4 Å². The number of rotatable bonds is 16. The fourth-order valence-electron chi connectivity index (χ4n) is 3.74. The number of hydrogen-bond acceptors (Lipinski definition) is 5. The predicted molar refractivity (Wildman–Crippen MR) is 157 cm³/mol. The van der Waals surface area contributed by atoms with Crippen LogP contribution < -0.4 is 14.2 Å². The zero-order valence-electron chi connectivity index (χ0n) is 22.9. The maximum atomic E-state index is 12.6. The van der Waals surface area contributed by atoms with Crippen molar-refractivity contribution < 1.29 is 23.8 Å². The van der Waals surface area contributed by atoms with Crippen molar-refractivity contribution in [3.63, 3.8) is 0 Å². The van der Waals surface area contributed by atoms with Gasteiger partial charge in [-0.1, -0.05) is 69.9 Å². The Hall–Kier alpha value is -4.12. The number of ether oxygens (including phenoxy) is 3. The quantitative estimate of drug-likeness (QED) is 0.0617. The fourth-order valence-corrected chi connectivity index (χ4v) is 3.74. The summed E-state index contributed by atoms with van der Waals surface area (Å²) >= 11 is 0. The van der Waals surface area contributed by atoms with E-state index in [9.17, 15) is 9.59 Å². The minimum absolute atomic E-state index is 0.133. The Morgan fingerprint density at radius 3 is 1.72 bits per heavy atom. The second kappa shape index (κ2) is 16.7. The van der Waals surface area contributed by atoms with Gasteiger partial charge in [0.1, 0.15) is 17.2 Å². The van der Waals surface area contributed by atoms with Crippen molar-refractivity contribution in [2.75, 3.05) is 13.2 Å². The summed E-state index contributed by atoms with van der Waals surface area (Å²) in [5, 5.41) is 0. The zero-order valence-corrected chi connectivity index (χ0v) is 22.9. The average Bonchev–Trinajstić information content (AvgIpc) is 2.97. The Balaban J connectivity index is 1.43. The number of ketones is 1. The maximum absolute atomic E-state index is 12.6. The Morgan fingerprint density at radius 2 is 1.13 bits per heavy atom. The molecule has 0 aromatic heterocycles. The lowest BCUT2D eigenvalue weighted by atomic mass is 10.1. The van der Waals surface area contributed by atoms with Crippen LogP contribution in [0.15, 0.2) is 84.9 Å². The number of hydrogen-bond donors (Lipinski definition) is 0. The van der Waals surface area contributed by atoms with E-state index < -0.39 is 5.97 Å². The van der Waals surface area contributed by atoms with Gasteiger partial charge < -0.3 is 14.2 Å². The SMILES string of the molecule is CCCCCCCOc1ccc(/C=C/C(=O)c2ccc(OC(=O)/C=C/c3ccc(OCCC)cc3)cc2)cc1. The summed E-state index contributed by atoms with van der Waals surface area (Å²) in [5.41, 5.74) is 2.29. The maximum Gasteiger partial charge on any atom is 0.336 e. The van der Waals surface area contributed by atoms with Crippen LogP contribution in [0.4, 0.5) is 0 Å². The molecule has 5 heteroatoms. The molecule has 0 amide bonds. The van der Waals surface area contributed by atoms with Crippen LogP contribution in [0.1, 0.15) is 73.9 Å². The first kappa shape index (κ1) is 29.4. The molecule has 0 fully saturated rings. The second-order valence-corrected chi connectivity index (χ2v) is 9.23. The van der Waals surface area contributed by atoms with Gasteiger partial charge in [-0.05, 0) is 84.7 Å². The molecule has 3 aromatic rings. The summed E-state index contributed by atoms with van der Waals surface area (Å²) < 4.78 is 16.7. The molecule has 0 aliphatic carbocycles. The van der Waals surface area contributed by atoms with E-state index in [-0.39, 0.29) is 5.78 Å². The molecule has 0 spiro atoms. The molecule has 0 heterocycles. The molecule has 0 unspecified atom stereocenters. The molecule has 0 aliphatic heterocycles. The van der Waals surface area contributed by atoms with Gasteiger partial charge >= 0.3 is 5.97 Å². The molecule has 5 nitrogen and oxygen atoms in total. The van der Waals surface area contributed by atoms with Crippen LogP contribution in [-0.2, 0) is 4.79 Å². The van der Waals surface area contributed by atoms with Gasteiger partial charge in [0.05, 0.1) is 13.2 Å². The van der Waals surface area contributed by atoms with Gasteiger partial charge in [-0.25, -0.2) is 4.79 Å². The third-order valence-electron chi connectivity index (χ3n) is 5.95. The summed E-state index contributed by atoms with van der Waals surface area (Å²) in [5.74, 6) is 1.38. The number of unbranched alkanes of at least 4 members (excludes halogenated alkanes) is 4. The Bertz CT molecular complexity index is 1210. The first-order valence-corrected chi connectivity index (χ1v) is 13.8. The molecule has 0 radical (unpaired) electrons. The van der Waals surface area contributed by atoms with Gasteiger partial charge in [-0.2, -0.15) is 0 Å². The molecule has 3 rings (SSSR count). The van der Waals surface area contributed by atoms with Gasteiger partial charge in [-0.15, -0.1) is 0 Å². The number of allylic oxidation sites excluding steroid dienone is 1. The molecule has 0 atom stereocenters. The summed E-state index contributed by atoms with van der Waals surface area (Å²) in [4.78, 5) is 24.8. The third kappa shape index (κ3) is 11.0. The van der Waals surface area contributed by atoms with E-state index in [0.717, 1.165) is 42.1 Å². The number of benzene rings is 3. The van der Waals surface area contributed by atoms with E-state index in [4.69, 9.17) is 14.2 Å². The van der Waals surface area contributed by atoms with Crippen LogP contribution in [0, 0.1) is 0 Å². The van der Waals surface area contributed by atoms with Crippen molar-refractivity contribution in [1.82, 2.24) is 0 Å². The van der Waals surface area contributed by atoms with Crippen molar-refractivity contribution >= 4 is 23.9 Å². The van der Waals surface area contributed by atoms with Crippen molar-refractivity contribution in [3.05, 3.63) is 102 Å². The summed E-state index contributed by atoms with van der Waals surface area (Å²) in [6.07, 6.45) is 13.3. The smallest absolute Gasteiger partial charge is 0.336 e. The Labute approximate surface area is 232 Å². The Morgan fingerprint density at radius 1 is 0.590 bits per heavy atom. The number of carbonyl (C=O) groups is 2. The van der Waals surface area contributed by atoms with Gasteiger partial charge in [0, 0.05) is 11.6 Å². The first-order valence-electron chi connectivity index (χ1n) is 13.8. The van der Waals surface area contributed by atoms with E-state index in [0.29, 0.717) is 17.9 Å². The van der Waals surface area contributed by atoms with Gasteiger partial charge in [-0.3, -0.25) is 4.79 Å². The second-order valence-electron chi connectivity index (χ2n) is 9.23. The van der Waals surface area contributed by atoms with Gasteiger partial charge in [0.2, 0.25) is 0 Å². The molecule has 0 aliphatic rings. The normalized spacial score (nSPS) is 11.1. The van der Waals surface area contributed by atoms with Crippen molar-refractivity contribution in [1.29, 1.82) is 0 Å². The molecular formula is C34H38O5. The summed E-state index contributed by atoms with van der Waals surface area (Å²) in [6.45, 7) is 5.66. The molecular weight excluding hydrogens is 488 g/mol. The first-order chi connectivity index (χ1) is 19.1.